The van der Waals surface area contributed by atoms with Crippen LogP contribution in [0.2, 0.25) is 5.02 Å². The minimum absolute atomic E-state index is 0.275. The van der Waals surface area contributed by atoms with E-state index >= 15 is 0 Å². The first-order chi connectivity index (χ1) is 12.2. The molecule has 3 rings (SSSR count). The van der Waals surface area contributed by atoms with E-state index in [2.05, 4.69) is 15.4 Å². The third-order valence-electron chi connectivity index (χ3n) is 3.54. The second-order valence-electron chi connectivity index (χ2n) is 5.22. The highest BCUT2D eigenvalue weighted by Gasteiger charge is 2.17. The van der Waals surface area contributed by atoms with Crippen molar-refractivity contribution in [3.8, 4) is 5.75 Å². The van der Waals surface area contributed by atoms with E-state index in [9.17, 15) is 0 Å². The van der Waals surface area contributed by atoms with Crippen molar-refractivity contribution in [2.75, 3.05) is 7.11 Å². The van der Waals surface area contributed by atoms with Crippen molar-refractivity contribution in [2.45, 2.75) is 13.5 Å². The van der Waals surface area contributed by atoms with Crippen molar-refractivity contribution in [2.24, 2.45) is 5.16 Å². The zero-order valence-corrected chi connectivity index (χ0v) is 14.5. The molecular weight excluding hydrogens is 342 g/mol. The van der Waals surface area contributed by atoms with Crippen molar-refractivity contribution in [1.29, 1.82) is 0 Å². The molecule has 0 unspecified atom stereocenters. The van der Waals surface area contributed by atoms with E-state index in [-0.39, 0.29) is 5.89 Å². The molecule has 0 aliphatic rings. The van der Waals surface area contributed by atoms with Crippen molar-refractivity contribution < 1.29 is 14.0 Å². The van der Waals surface area contributed by atoms with Crippen LogP contribution in [0.25, 0.3) is 0 Å². The summed E-state index contributed by atoms with van der Waals surface area (Å²) in [5.41, 5.74) is 3.12. The summed E-state index contributed by atoms with van der Waals surface area (Å²) < 4.78 is 11.2. The molecule has 3 aromatic rings. The van der Waals surface area contributed by atoms with Gasteiger partial charge in [-0.05, 0) is 36.2 Å². The lowest BCUT2D eigenvalue weighted by atomic mass is 10.0. The van der Waals surface area contributed by atoms with Crippen LogP contribution in [-0.4, -0.2) is 23.0 Å². The number of benzene rings is 2. The summed E-state index contributed by atoms with van der Waals surface area (Å²) in [6, 6.07) is 13.2. The van der Waals surface area contributed by atoms with Gasteiger partial charge in [0.15, 0.2) is 5.71 Å². The van der Waals surface area contributed by atoms with Gasteiger partial charge in [-0.2, -0.15) is 0 Å². The minimum Gasteiger partial charge on any atom is -0.489 e. The van der Waals surface area contributed by atoms with Gasteiger partial charge in [-0.25, -0.2) is 0 Å². The van der Waals surface area contributed by atoms with Gasteiger partial charge in [0.05, 0.1) is 0 Å². The Morgan fingerprint density at radius 2 is 2.08 bits per heavy atom. The van der Waals surface area contributed by atoms with Crippen LogP contribution < -0.4 is 4.74 Å². The fraction of sp³-hybridized carbons (Fsp3) is 0.167. The molecule has 6 nitrogen and oxygen atoms in total. The summed E-state index contributed by atoms with van der Waals surface area (Å²) in [7, 11) is 1.46. The summed E-state index contributed by atoms with van der Waals surface area (Å²) in [6.07, 6.45) is 1.25. The van der Waals surface area contributed by atoms with Crippen molar-refractivity contribution in [1.82, 2.24) is 10.2 Å². The van der Waals surface area contributed by atoms with Crippen LogP contribution in [0.4, 0.5) is 0 Å². The first-order valence-electron chi connectivity index (χ1n) is 7.54. The maximum Gasteiger partial charge on any atom is 0.270 e. The SMILES string of the molecule is CO/N=C(/c1nnco1)c1ccccc1COc1ccc(Cl)cc1C. The average Bonchev–Trinajstić information content (AvgIpc) is 3.14. The molecule has 0 N–H and O–H groups in total. The summed E-state index contributed by atoms with van der Waals surface area (Å²) in [5, 5.41) is 12.3. The Kier molecular flexibility index (Phi) is 5.30. The topological polar surface area (TPSA) is 69.7 Å². The number of aromatic nitrogens is 2. The fourth-order valence-corrected chi connectivity index (χ4v) is 2.61. The lowest BCUT2D eigenvalue weighted by molar-refractivity contribution is 0.213. The summed E-state index contributed by atoms with van der Waals surface area (Å²) in [4.78, 5) is 4.94. The molecule has 0 bridgehead atoms. The highest BCUT2D eigenvalue weighted by atomic mass is 35.5. The molecule has 0 amide bonds. The second-order valence-corrected chi connectivity index (χ2v) is 5.66. The van der Waals surface area contributed by atoms with Gasteiger partial charge in [-0.3, -0.25) is 0 Å². The van der Waals surface area contributed by atoms with Gasteiger partial charge in [0.1, 0.15) is 19.5 Å². The molecular formula is C18H16ClN3O3. The quantitative estimate of drug-likeness (QED) is 0.492. The van der Waals surface area contributed by atoms with Crippen LogP contribution in [0, 0.1) is 6.92 Å². The van der Waals surface area contributed by atoms with E-state index in [0.717, 1.165) is 22.4 Å². The van der Waals surface area contributed by atoms with Gasteiger partial charge in [0.2, 0.25) is 6.39 Å². The first kappa shape index (κ1) is 17.0. The van der Waals surface area contributed by atoms with Gasteiger partial charge in [-0.15, -0.1) is 10.2 Å². The van der Waals surface area contributed by atoms with Crippen molar-refractivity contribution >= 4 is 17.3 Å². The Labute approximate surface area is 150 Å². The number of nitrogens with zero attached hydrogens (tertiary/aromatic N) is 3. The Balaban J connectivity index is 1.89. The van der Waals surface area contributed by atoms with Gasteiger partial charge >= 0.3 is 0 Å². The molecule has 1 aromatic heterocycles. The first-order valence-corrected chi connectivity index (χ1v) is 7.91. The van der Waals surface area contributed by atoms with Crippen LogP contribution in [-0.2, 0) is 11.4 Å². The highest BCUT2D eigenvalue weighted by Crippen LogP contribution is 2.24. The number of ether oxygens (including phenoxy) is 1. The molecule has 0 aliphatic heterocycles. The van der Waals surface area contributed by atoms with E-state index < -0.39 is 0 Å². The molecule has 0 aliphatic carbocycles. The number of oxime groups is 1. The van der Waals surface area contributed by atoms with Crippen LogP contribution in [0.3, 0.4) is 0 Å². The number of hydrogen-bond acceptors (Lipinski definition) is 6. The molecule has 0 spiro atoms. The molecule has 0 saturated carbocycles. The Morgan fingerprint density at radius 1 is 1.24 bits per heavy atom. The van der Waals surface area contributed by atoms with Gasteiger partial charge < -0.3 is 14.0 Å². The van der Waals surface area contributed by atoms with Gasteiger partial charge in [0, 0.05) is 10.6 Å². The zero-order chi connectivity index (χ0) is 17.6. The molecule has 0 radical (unpaired) electrons. The number of aryl methyl sites for hydroxylation is 1. The fourth-order valence-electron chi connectivity index (χ4n) is 2.38. The van der Waals surface area contributed by atoms with E-state index in [1.54, 1.807) is 6.07 Å². The third kappa shape index (κ3) is 3.97. The summed E-state index contributed by atoms with van der Waals surface area (Å²) in [6.45, 7) is 2.29. The number of rotatable bonds is 6. The largest absolute Gasteiger partial charge is 0.489 e. The Morgan fingerprint density at radius 3 is 2.80 bits per heavy atom. The molecule has 7 heteroatoms. The maximum absolute atomic E-state index is 5.98. The normalized spacial score (nSPS) is 11.4. The molecule has 0 fully saturated rings. The van der Waals surface area contributed by atoms with Crippen LogP contribution >= 0.6 is 11.6 Å². The molecule has 0 saturated heterocycles. The molecule has 1 heterocycles. The highest BCUT2D eigenvalue weighted by molar-refractivity contribution is 6.30. The molecule has 25 heavy (non-hydrogen) atoms. The van der Waals surface area contributed by atoms with Crippen LogP contribution in [0.1, 0.15) is 22.6 Å². The summed E-state index contributed by atoms with van der Waals surface area (Å²) >= 11 is 5.98. The second kappa shape index (κ2) is 7.81. The maximum atomic E-state index is 5.98. The van der Waals surface area contributed by atoms with E-state index in [4.69, 9.17) is 25.6 Å². The number of halogens is 1. The smallest absolute Gasteiger partial charge is 0.270 e. The average molecular weight is 358 g/mol. The lowest BCUT2D eigenvalue weighted by Crippen LogP contribution is -2.10. The van der Waals surface area contributed by atoms with Crippen molar-refractivity contribution in [3.05, 3.63) is 76.5 Å². The predicted molar refractivity (Wildman–Crippen MR) is 93.9 cm³/mol. The Hall–Kier alpha value is -2.86. The summed E-state index contributed by atoms with van der Waals surface area (Å²) in [5.74, 6) is 1.04. The lowest BCUT2D eigenvalue weighted by Gasteiger charge is -2.12. The standard InChI is InChI=1S/C18H16ClN3O3/c1-12-9-14(19)7-8-16(12)24-10-13-5-3-4-6-15(13)17(22-23-2)18-21-20-11-25-18/h3-9,11H,10H2,1-2H3/b22-17+. The number of hydrogen-bond donors (Lipinski definition) is 0. The van der Waals surface area contributed by atoms with E-state index in [1.807, 2.05) is 43.3 Å². The monoisotopic (exact) mass is 357 g/mol. The zero-order valence-electron chi connectivity index (χ0n) is 13.8. The van der Waals surface area contributed by atoms with Crippen molar-refractivity contribution in [3.63, 3.8) is 0 Å². The minimum atomic E-state index is 0.275. The predicted octanol–water partition coefficient (Wildman–Crippen LogP) is 4.01. The third-order valence-corrected chi connectivity index (χ3v) is 3.77. The van der Waals surface area contributed by atoms with Crippen LogP contribution in [0.5, 0.6) is 5.75 Å². The Bertz CT molecular complexity index is 879. The van der Waals surface area contributed by atoms with E-state index in [0.29, 0.717) is 17.3 Å². The molecule has 2 aromatic carbocycles. The van der Waals surface area contributed by atoms with Gasteiger partial charge in [0.25, 0.3) is 5.89 Å². The van der Waals surface area contributed by atoms with E-state index in [1.165, 1.54) is 13.5 Å². The molecule has 0 atom stereocenters. The van der Waals surface area contributed by atoms with Gasteiger partial charge in [-0.1, -0.05) is 41.0 Å². The molecule has 128 valence electrons. The van der Waals surface area contributed by atoms with Crippen LogP contribution in [0.15, 0.2) is 58.4 Å².